The van der Waals surface area contributed by atoms with Crippen LogP contribution >= 0.6 is 0 Å². The van der Waals surface area contributed by atoms with Gasteiger partial charge in [-0.1, -0.05) is 0 Å². The molecule has 1 unspecified atom stereocenters. The number of hydrogen-bond acceptors (Lipinski definition) is 4. The molecule has 1 amide bonds. The molecular weight excluding hydrogens is 160 g/mol. The van der Waals surface area contributed by atoms with Crippen LogP contribution in [0.15, 0.2) is 0 Å². The molecular formula is C7H16N2O3. The molecule has 0 rings (SSSR count). The molecule has 0 aromatic heterocycles. The molecule has 0 bridgehead atoms. The zero-order chi connectivity index (χ0) is 9.40. The highest BCUT2D eigenvalue weighted by Gasteiger charge is 2.12. The van der Waals surface area contributed by atoms with Crippen molar-refractivity contribution in [3.63, 3.8) is 0 Å². The van der Waals surface area contributed by atoms with Crippen molar-refractivity contribution < 1.29 is 14.6 Å². The lowest BCUT2D eigenvalue weighted by Crippen LogP contribution is -2.39. The number of hydrogen-bond donors (Lipinski definition) is 3. The summed E-state index contributed by atoms with van der Waals surface area (Å²) in [5.41, 5.74) is 0. The van der Waals surface area contributed by atoms with E-state index in [9.17, 15) is 4.79 Å². The SMILES string of the molecule is CNCCNC(=O)C(O)COC. The Morgan fingerprint density at radius 2 is 2.25 bits per heavy atom. The summed E-state index contributed by atoms with van der Waals surface area (Å²) in [4.78, 5) is 10.9. The van der Waals surface area contributed by atoms with Crippen LogP contribution < -0.4 is 10.6 Å². The summed E-state index contributed by atoms with van der Waals surface area (Å²) < 4.78 is 4.60. The Kier molecular flexibility index (Phi) is 6.64. The molecule has 0 fully saturated rings. The number of ether oxygens (including phenoxy) is 1. The first-order valence-corrected chi connectivity index (χ1v) is 3.81. The van der Waals surface area contributed by atoms with Crippen LogP contribution in [0.25, 0.3) is 0 Å². The quantitative estimate of drug-likeness (QED) is 0.423. The first-order chi connectivity index (χ1) is 5.72. The second-order valence-corrected chi connectivity index (χ2v) is 2.37. The Labute approximate surface area is 72.1 Å². The maximum atomic E-state index is 10.9. The largest absolute Gasteiger partial charge is 0.381 e. The van der Waals surface area contributed by atoms with Crippen molar-refractivity contribution in [1.29, 1.82) is 0 Å². The van der Waals surface area contributed by atoms with Crippen LogP contribution in [0.3, 0.4) is 0 Å². The predicted molar refractivity (Wildman–Crippen MR) is 44.8 cm³/mol. The lowest BCUT2D eigenvalue weighted by Gasteiger charge is -2.09. The van der Waals surface area contributed by atoms with Crippen LogP contribution in [0.1, 0.15) is 0 Å². The number of rotatable bonds is 6. The number of nitrogens with one attached hydrogen (secondary N) is 2. The van der Waals surface area contributed by atoms with Crippen LogP contribution in [-0.2, 0) is 9.53 Å². The van der Waals surface area contributed by atoms with E-state index >= 15 is 0 Å². The Hall–Kier alpha value is -0.650. The summed E-state index contributed by atoms with van der Waals surface area (Å²) in [7, 11) is 3.22. The summed E-state index contributed by atoms with van der Waals surface area (Å²) in [5, 5.41) is 14.5. The Bertz CT molecular complexity index is 130. The molecule has 0 radical (unpaired) electrons. The molecule has 0 aromatic carbocycles. The third-order valence-electron chi connectivity index (χ3n) is 1.30. The summed E-state index contributed by atoms with van der Waals surface area (Å²) in [6.45, 7) is 1.23. The molecule has 0 heterocycles. The van der Waals surface area contributed by atoms with E-state index in [4.69, 9.17) is 5.11 Å². The highest BCUT2D eigenvalue weighted by molar-refractivity contribution is 5.80. The Balaban J connectivity index is 3.43. The fourth-order valence-corrected chi connectivity index (χ4v) is 0.662. The van der Waals surface area contributed by atoms with Gasteiger partial charge in [-0.25, -0.2) is 0 Å². The van der Waals surface area contributed by atoms with Gasteiger partial charge < -0.3 is 20.5 Å². The van der Waals surface area contributed by atoms with Gasteiger partial charge in [-0.15, -0.1) is 0 Å². The van der Waals surface area contributed by atoms with E-state index in [1.165, 1.54) is 7.11 Å². The number of aliphatic hydroxyl groups excluding tert-OH is 1. The summed E-state index contributed by atoms with van der Waals surface area (Å²) in [6.07, 6.45) is -1.06. The van der Waals surface area contributed by atoms with Crippen LogP contribution in [-0.4, -0.2) is 51.0 Å². The second-order valence-electron chi connectivity index (χ2n) is 2.37. The maximum Gasteiger partial charge on any atom is 0.251 e. The van der Waals surface area contributed by atoms with Crippen molar-refractivity contribution in [3.05, 3.63) is 0 Å². The summed E-state index contributed by atoms with van der Waals surface area (Å²) in [5.74, 6) is -0.396. The molecule has 3 N–H and O–H groups in total. The lowest BCUT2D eigenvalue weighted by atomic mass is 10.3. The van der Waals surface area contributed by atoms with Crippen molar-refractivity contribution in [2.45, 2.75) is 6.10 Å². The van der Waals surface area contributed by atoms with Crippen molar-refractivity contribution in [2.24, 2.45) is 0 Å². The number of likely N-dealkylation sites (N-methyl/N-ethyl adjacent to an activating group) is 1. The molecule has 1 atom stereocenters. The molecule has 5 heteroatoms. The lowest BCUT2D eigenvalue weighted by molar-refractivity contribution is -0.131. The molecule has 0 saturated carbocycles. The zero-order valence-corrected chi connectivity index (χ0v) is 7.46. The van der Waals surface area contributed by atoms with Gasteiger partial charge in [0.05, 0.1) is 6.61 Å². The average Bonchev–Trinajstić information content (AvgIpc) is 2.05. The Morgan fingerprint density at radius 1 is 1.58 bits per heavy atom. The predicted octanol–water partition coefficient (Wildman–Crippen LogP) is -1.67. The molecule has 12 heavy (non-hydrogen) atoms. The monoisotopic (exact) mass is 176 g/mol. The molecule has 0 saturated heterocycles. The van der Waals surface area contributed by atoms with Crippen molar-refractivity contribution in [1.82, 2.24) is 10.6 Å². The third kappa shape index (κ3) is 5.06. The smallest absolute Gasteiger partial charge is 0.251 e. The van der Waals surface area contributed by atoms with Gasteiger partial charge in [0, 0.05) is 20.2 Å². The highest BCUT2D eigenvalue weighted by atomic mass is 16.5. The summed E-state index contributed by atoms with van der Waals surface area (Å²) >= 11 is 0. The van der Waals surface area contributed by atoms with Gasteiger partial charge in [0.15, 0.2) is 6.10 Å². The molecule has 0 aliphatic heterocycles. The van der Waals surface area contributed by atoms with Crippen molar-refractivity contribution >= 4 is 5.91 Å². The number of amides is 1. The van der Waals surface area contributed by atoms with E-state index in [1.54, 1.807) is 7.05 Å². The third-order valence-corrected chi connectivity index (χ3v) is 1.30. The summed E-state index contributed by atoms with van der Waals surface area (Å²) in [6, 6.07) is 0. The van der Waals surface area contributed by atoms with E-state index < -0.39 is 12.0 Å². The number of carbonyl (C=O) groups excluding carboxylic acids is 1. The minimum absolute atomic E-state index is 0.0331. The molecule has 0 aromatic rings. The van der Waals surface area contributed by atoms with Crippen LogP contribution in [0.5, 0.6) is 0 Å². The zero-order valence-electron chi connectivity index (χ0n) is 7.46. The highest BCUT2D eigenvalue weighted by Crippen LogP contribution is 1.82. The minimum Gasteiger partial charge on any atom is -0.381 e. The topological polar surface area (TPSA) is 70.6 Å². The number of carbonyl (C=O) groups is 1. The average molecular weight is 176 g/mol. The van der Waals surface area contributed by atoms with E-state index in [2.05, 4.69) is 15.4 Å². The Morgan fingerprint density at radius 3 is 2.75 bits per heavy atom. The van der Waals surface area contributed by atoms with E-state index in [0.717, 1.165) is 0 Å². The van der Waals surface area contributed by atoms with Gasteiger partial charge in [-0.3, -0.25) is 4.79 Å². The molecule has 0 aliphatic carbocycles. The fraction of sp³-hybridized carbons (Fsp3) is 0.857. The van der Waals surface area contributed by atoms with Crippen LogP contribution in [0.4, 0.5) is 0 Å². The molecule has 5 nitrogen and oxygen atoms in total. The number of aliphatic hydroxyl groups is 1. The first kappa shape index (κ1) is 11.4. The molecule has 0 aliphatic rings. The van der Waals surface area contributed by atoms with Gasteiger partial charge in [-0.2, -0.15) is 0 Å². The fourth-order valence-electron chi connectivity index (χ4n) is 0.662. The van der Waals surface area contributed by atoms with Gasteiger partial charge in [0.1, 0.15) is 0 Å². The number of methoxy groups -OCH3 is 1. The van der Waals surface area contributed by atoms with E-state index in [1.807, 2.05) is 0 Å². The van der Waals surface area contributed by atoms with Gasteiger partial charge in [0.2, 0.25) is 0 Å². The second kappa shape index (κ2) is 7.02. The standard InChI is InChI=1S/C7H16N2O3/c1-8-3-4-9-7(11)6(10)5-12-2/h6,8,10H,3-5H2,1-2H3,(H,9,11). The van der Waals surface area contributed by atoms with Crippen LogP contribution in [0.2, 0.25) is 0 Å². The molecule has 72 valence electrons. The van der Waals surface area contributed by atoms with Crippen molar-refractivity contribution in [2.75, 3.05) is 33.9 Å². The van der Waals surface area contributed by atoms with E-state index in [-0.39, 0.29) is 6.61 Å². The minimum atomic E-state index is -1.06. The van der Waals surface area contributed by atoms with Crippen LogP contribution in [0, 0.1) is 0 Å². The molecule has 0 spiro atoms. The first-order valence-electron chi connectivity index (χ1n) is 3.81. The van der Waals surface area contributed by atoms with Crippen molar-refractivity contribution in [3.8, 4) is 0 Å². The van der Waals surface area contributed by atoms with Gasteiger partial charge in [-0.05, 0) is 7.05 Å². The van der Waals surface area contributed by atoms with Gasteiger partial charge in [0.25, 0.3) is 5.91 Å². The van der Waals surface area contributed by atoms with Gasteiger partial charge >= 0.3 is 0 Å². The van der Waals surface area contributed by atoms with E-state index in [0.29, 0.717) is 13.1 Å². The maximum absolute atomic E-state index is 10.9. The normalized spacial score (nSPS) is 12.6.